The number of carbonyl (C=O) groups excluding carboxylic acids is 2. The third-order valence-electron chi connectivity index (χ3n) is 4.21. The average molecular weight is 314 g/mol. The van der Waals surface area contributed by atoms with E-state index in [2.05, 4.69) is 12.2 Å². The van der Waals surface area contributed by atoms with Crippen molar-refractivity contribution >= 4 is 23.2 Å². The third kappa shape index (κ3) is 3.38. The van der Waals surface area contributed by atoms with E-state index in [4.69, 9.17) is 4.74 Å². The van der Waals surface area contributed by atoms with Gasteiger partial charge in [-0.2, -0.15) is 0 Å². The molecule has 5 nitrogen and oxygen atoms in total. The number of ether oxygens (including phenoxy) is 1. The van der Waals surface area contributed by atoms with E-state index >= 15 is 0 Å². The van der Waals surface area contributed by atoms with Crippen LogP contribution in [0, 0.1) is 0 Å². The van der Waals surface area contributed by atoms with Crippen LogP contribution in [0.3, 0.4) is 0 Å². The highest BCUT2D eigenvalue weighted by atomic mass is 16.5. The Balaban J connectivity index is 1.77. The van der Waals surface area contributed by atoms with Gasteiger partial charge in [-0.25, -0.2) is 0 Å². The van der Waals surface area contributed by atoms with Gasteiger partial charge in [0.2, 0.25) is 5.91 Å². The molecule has 0 bridgehead atoms. The summed E-state index contributed by atoms with van der Waals surface area (Å²) in [6.07, 6.45) is 5.36. The molecule has 23 heavy (non-hydrogen) atoms. The summed E-state index contributed by atoms with van der Waals surface area (Å²) in [6, 6.07) is 5.78. The Kier molecular flexibility index (Phi) is 4.65. The molecule has 0 aromatic heterocycles. The highest BCUT2D eigenvalue weighted by Gasteiger charge is 2.24. The molecule has 5 heteroatoms. The minimum Gasteiger partial charge on any atom is -0.501 e. The molecule has 2 amide bonds. The molecule has 0 aliphatic carbocycles. The van der Waals surface area contributed by atoms with Gasteiger partial charge in [-0.1, -0.05) is 6.92 Å². The fraction of sp³-hybridized carbons (Fsp3) is 0.444. The first kappa shape index (κ1) is 15.6. The van der Waals surface area contributed by atoms with Crippen molar-refractivity contribution in [1.82, 2.24) is 0 Å². The van der Waals surface area contributed by atoms with Crippen LogP contribution >= 0.6 is 0 Å². The predicted octanol–water partition coefficient (Wildman–Crippen LogP) is 3.01. The van der Waals surface area contributed by atoms with Crippen LogP contribution in [0.25, 0.3) is 0 Å². The Morgan fingerprint density at radius 2 is 2.17 bits per heavy atom. The minimum absolute atomic E-state index is 0.109. The van der Waals surface area contributed by atoms with E-state index in [1.165, 1.54) is 0 Å². The van der Waals surface area contributed by atoms with E-state index in [1.807, 2.05) is 23.1 Å². The SMILES string of the molecule is CCCN1C(=O)CCc2cc(NC(=O)C3=COCCC3)ccc21. The van der Waals surface area contributed by atoms with E-state index in [-0.39, 0.29) is 11.8 Å². The molecular formula is C18H22N2O3. The number of amides is 2. The van der Waals surface area contributed by atoms with Crippen LogP contribution in [0.2, 0.25) is 0 Å². The smallest absolute Gasteiger partial charge is 0.254 e. The van der Waals surface area contributed by atoms with Crippen molar-refractivity contribution in [2.75, 3.05) is 23.4 Å². The van der Waals surface area contributed by atoms with E-state index < -0.39 is 0 Å². The average Bonchev–Trinajstić information content (AvgIpc) is 2.58. The lowest BCUT2D eigenvalue weighted by Crippen LogP contribution is -2.35. The van der Waals surface area contributed by atoms with E-state index in [1.54, 1.807) is 6.26 Å². The molecule has 0 atom stereocenters. The Labute approximate surface area is 136 Å². The predicted molar refractivity (Wildman–Crippen MR) is 89.3 cm³/mol. The second-order valence-electron chi connectivity index (χ2n) is 5.96. The van der Waals surface area contributed by atoms with Crippen molar-refractivity contribution < 1.29 is 14.3 Å². The van der Waals surface area contributed by atoms with E-state index in [0.29, 0.717) is 18.6 Å². The van der Waals surface area contributed by atoms with Crippen LogP contribution in [0.4, 0.5) is 11.4 Å². The Bertz CT molecular complexity index is 652. The van der Waals surface area contributed by atoms with Crippen molar-refractivity contribution in [2.24, 2.45) is 0 Å². The highest BCUT2D eigenvalue weighted by Crippen LogP contribution is 2.30. The summed E-state index contributed by atoms with van der Waals surface area (Å²) in [5, 5.41) is 2.93. The fourth-order valence-electron chi connectivity index (χ4n) is 3.05. The molecule has 1 N–H and O–H groups in total. The standard InChI is InChI=1S/C18H22N2O3/c1-2-9-20-16-7-6-15(11-13(16)5-8-17(20)21)19-18(22)14-4-3-10-23-12-14/h6-7,11-12H,2-5,8-10H2,1H3,(H,19,22). The highest BCUT2D eigenvalue weighted by molar-refractivity contribution is 6.04. The van der Waals surface area contributed by atoms with Crippen LogP contribution in [-0.2, 0) is 20.7 Å². The second kappa shape index (κ2) is 6.86. The maximum absolute atomic E-state index is 12.2. The van der Waals surface area contributed by atoms with E-state index in [9.17, 15) is 9.59 Å². The summed E-state index contributed by atoms with van der Waals surface area (Å²) in [6.45, 7) is 3.48. The van der Waals surface area contributed by atoms with Crippen molar-refractivity contribution in [3.8, 4) is 0 Å². The lowest BCUT2D eigenvalue weighted by Gasteiger charge is -2.29. The van der Waals surface area contributed by atoms with Crippen LogP contribution < -0.4 is 10.2 Å². The zero-order valence-electron chi connectivity index (χ0n) is 13.4. The Morgan fingerprint density at radius 1 is 1.30 bits per heavy atom. The zero-order chi connectivity index (χ0) is 16.2. The summed E-state index contributed by atoms with van der Waals surface area (Å²) in [7, 11) is 0. The molecule has 0 spiro atoms. The van der Waals surface area contributed by atoms with Gasteiger partial charge in [0.15, 0.2) is 0 Å². The summed E-state index contributed by atoms with van der Waals surface area (Å²) in [5.74, 6) is 0.0718. The number of nitrogens with one attached hydrogen (secondary N) is 1. The van der Waals surface area contributed by atoms with Gasteiger partial charge in [0.25, 0.3) is 5.91 Å². The molecule has 0 fully saturated rings. The summed E-state index contributed by atoms with van der Waals surface area (Å²) < 4.78 is 5.22. The number of aryl methyl sites for hydroxylation is 1. The molecule has 3 rings (SSSR count). The van der Waals surface area contributed by atoms with Crippen LogP contribution in [0.1, 0.15) is 38.2 Å². The van der Waals surface area contributed by atoms with Crippen molar-refractivity contribution in [1.29, 1.82) is 0 Å². The van der Waals surface area contributed by atoms with Gasteiger partial charge in [-0.3, -0.25) is 9.59 Å². The van der Waals surface area contributed by atoms with Gasteiger partial charge in [0.05, 0.1) is 18.4 Å². The Hall–Kier alpha value is -2.30. The number of hydrogen-bond donors (Lipinski definition) is 1. The number of fused-ring (bicyclic) bond motifs is 1. The van der Waals surface area contributed by atoms with Gasteiger partial charge < -0.3 is 15.0 Å². The van der Waals surface area contributed by atoms with Gasteiger partial charge in [0, 0.05) is 24.3 Å². The fourth-order valence-corrected chi connectivity index (χ4v) is 3.05. The van der Waals surface area contributed by atoms with Crippen LogP contribution in [-0.4, -0.2) is 25.0 Å². The van der Waals surface area contributed by atoms with E-state index in [0.717, 1.165) is 49.2 Å². The third-order valence-corrected chi connectivity index (χ3v) is 4.21. The second-order valence-corrected chi connectivity index (χ2v) is 5.96. The molecule has 2 aliphatic rings. The number of rotatable bonds is 4. The quantitative estimate of drug-likeness (QED) is 0.929. The largest absolute Gasteiger partial charge is 0.501 e. The van der Waals surface area contributed by atoms with Gasteiger partial charge in [0.1, 0.15) is 0 Å². The zero-order valence-corrected chi connectivity index (χ0v) is 13.4. The molecule has 1 aromatic rings. The van der Waals surface area contributed by atoms with Crippen molar-refractivity contribution in [3.63, 3.8) is 0 Å². The number of hydrogen-bond acceptors (Lipinski definition) is 3. The molecule has 2 heterocycles. The molecular weight excluding hydrogens is 292 g/mol. The monoisotopic (exact) mass is 314 g/mol. The lowest BCUT2D eigenvalue weighted by molar-refractivity contribution is -0.119. The minimum atomic E-state index is -0.109. The molecule has 2 aliphatic heterocycles. The molecule has 0 saturated carbocycles. The number of benzene rings is 1. The number of anilines is 2. The first-order valence-corrected chi connectivity index (χ1v) is 8.24. The van der Waals surface area contributed by atoms with Gasteiger partial charge in [-0.05, 0) is 49.4 Å². The summed E-state index contributed by atoms with van der Waals surface area (Å²) in [5.41, 5.74) is 3.54. The first-order chi connectivity index (χ1) is 11.2. The molecule has 122 valence electrons. The maximum atomic E-state index is 12.2. The molecule has 0 radical (unpaired) electrons. The lowest BCUT2D eigenvalue weighted by atomic mass is 10.00. The van der Waals surface area contributed by atoms with Crippen LogP contribution in [0.15, 0.2) is 30.0 Å². The van der Waals surface area contributed by atoms with Gasteiger partial charge in [-0.15, -0.1) is 0 Å². The number of nitrogens with zero attached hydrogens (tertiary/aromatic N) is 1. The summed E-state index contributed by atoms with van der Waals surface area (Å²) in [4.78, 5) is 26.1. The first-order valence-electron chi connectivity index (χ1n) is 8.24. The van der Waals surface area contributed by atoms with Crippen molar-refractivity contribution in [3.05, 3.63) is 35.6 Å². The topological polar surface area (TPSA) is 58.6 Å². The Morgan fingerprint density at radius 3 is 2.91 bits per heavy atom. The molecule has 0 saturated heterocycles. The number of carbonyl (C=O) groups is 2. The molecule has 1 aromatic carbocycles. The van der Waals surface area contributed by atoms with Crippen molar-refractivity contribution in [2.45, 2.75) is 39.0 Å². The normalized spacial score (nSPS) is 17.2. The van der Waals surface area contributed by atoms with Crippen LogP contribution in [0.5, 0.6) is 0 Å². The molecule has 0 unspecified atom stereocenters. The maximum Gasteiger partial charge on any atom is 0.254 e. The summed E-state index contributed by atoms with van der Waals surface area (Å²) >= 11 is 0. The van der Waals surface area contributed by atoms with Gasteiger partial charge >= 0.3 is 0 Å².